The summed E-state index contributed by atoms with van der Waals surface area (Å²) in [5.74, 6) is 0.0842. The molecule has 0 amide bonds. The number of rotatable bonds is 6. The molecule has 3 aromatic rings. The van der Waals surface area contributed by atoms with Gasteiger partial charge in [-0.2, -0.15) is 5.26 Å². The molecule has 0 aliphatic carbocycles. The van der Waals surface area contributed by atoms with E-state index < -0.39 is 5.78 Å². The van der Waals surface area contributed by atoms with Crippen LogP contribution in [-0.2, 0) is 4.74 Å². The third kappa shape index (κ3) is 4.05. The monoisotopic (exact) mass is 361 g/mol. The molecule has 3 rings (SSSR count). The maximum atomic E-state index is 12.2. The quantitative estimate of drug-likeness (QED) is 0.278. The average molecular weight is 361 g/mol. The van der Waals surface area contributed by atoms with Crippen molar-refractivity contribution in [2.75, 3.05) is 6.61 Å². The second-order valence-electron chi connectivity index (χ2n) is 5.48. The van der Waals surface area contributed by atoms with Crippen molar-refractivity contribution < 1.29 is 23.2 Å². The molecular weight excluding hydrogens is 346 g/mol. The van der Waals surface area contributed by atoms with Gasteiger partial charge in [0.05, 0.1) is 18.4 Å². The highest BCUT2D eigenvalue weighted by atomic mass is 16.5. The van der Waals surface area contributed by atoms with Crippen molar-refractivity contribution in [2.24, 2.45) is 0 Å². The second kappa shape index (κ2) is 8.02. The zero-order valence-corrected chi connectivity index (χ0v) is 14.5. The van der Waals surface area contributed by atoms with Crippen molar-refractivity contribution in [3.8, 4) is 17.4 Å². The molecule has 0 fully saturated rings. The van der Waals surface area contributed by atoms with Gasteiger partial charge in [-0.1, -0.05) is 12.1 Å². The molecule has 0 atom stereocenters. The Morgan fingerprint density at radius 3 is 2.56 bits per heavy atom. The molecule has 0 N–H and O–H groups in total. The Balaban J connectivity index is 1.81. The molecule has 0 spiro atoms. The highest BCUT2D eigenvalue weighted by Crippen LogP contribution is 2.24. The number of nitriles is 1. The number of hydrogen-bond acceptors (Lipinski definition) is 6. The summed E-state index contributed by atoms with van der Waals surface area (Å²) in [6.45, 7) is 2.06. The van der Waals surface area contributed by atoms with Gasteiger partial charge in [0.15, 0.2) is 5.76 Å². The van der Waals surface area contributed by atoms with Gasteiger partial charge in [-0.15, -0.1) is 0 Å². The summed E-state index contributed by atoms with van der Waals surface area (Å²) in [6, 6.07) is 15.1. The van der Waals surface area contributed by atoms with E-state index in [0.29, 0.717) is 23.7 Å². The van der Waals surface area contributed by atoms with Crippen LogP contribution in [0.2, 0.25) is 0 Å². The predicted molar refractivity (Wildman–Crippen MR) is 96.7 cm³/mol. The number of ether oxygens (including phenoxy) is 1. The molecule has 2 aromatic heterocycles. The Morgan fingerprint density at radius 1 is 1.15 bits per heavy atom. The number of esters is 1. The fraction of sp³-hybridized carbons (Fsp3) is 0.0952. The summed E-state index contributed by atoms with van der Waals surface area (Å²) in [4.78, 5) is 23.9. The van der Waals surface area contributed by atoms with Gasteiger partial charge in [0.2, 0.25) is 5.78 Å². The van der Waals surface area contributed by atoms with Crippen LogP contribution in [0.15, 0.2) is 69.2 Å². The largest absolute Gasteiger partial charge is 0.462 e. The first-order valence-electron chi connectivity index (χ1n) is 8.19. The first kappa shape index (κ1) is 18.0. The molecule has 0 bridgehead atoms. The van der Waals surface area contributed by atoms with E-state index in [9.17, 15) is 14.9 Å². The number of furan rings is 2. The van der Waals surface area contributed by atoms with Gasteiger partial charge in [-0.3, -0.25) is 4.79 Å². The minimum Gasteiger partial charge on any atom is -0.462 e. The van der Waals surface area contributed by atoms with Crippen molar-refractivity contribution in [2.45, 2.75) is 6.92 Å². The molecule has 0 aliphatic heterocycles. The summed E-state index contributed by atoms with van der Waals surface area (Å²) in [5, 5.41) is 9.24. The van der Waals surface area contributed by atoms with Crippen molar-refractivity contribution in [3.63, 3.8) is 0 Å². The molecular formula is C21H15NO5. The minimum absolute atomic E-state index is 0.0872. The number of benzene rings is 1. The van der Waals surface area contributed by atoms with E-state index in [2.05, 4.69) is 0 Å². The van der Waals surface area contributed by atoms with Crippen molar-refractivity contribution in [1.29, 1.82) is 5.26 Å². The van der Waals surface area contributed by atoms with E-state index in [1.807, 2.05) is 6.07 Å². The third-order valence-electron chi connectivity index (χ3n) is 3.70. The lowest BCUT2D eigenvalue weighted by atomic mass is 10.1. The van der Waals surface area contributed by atoms with Crippen LogP contribution in [0.25, 0.3) is 17.4 Å². The molecule has 0 radical (unpaired) electrons. The van der Waals surface area contributed by atoms with E-state index in [1.165, 1.54) is 18.4 Å². The molecule has 27 heavy (non-hydrogen) atoms. The van der Waals surface area contributed by atoms with Gasteiger partial charge in [0, 0.05) is 11.6 Å². The Hall–Kier alpha value is -3.85. The van der Waals surface area contributed by atoms with Crippen LogP contribution in [-0.4, -0.2) is 18.4 Å². The van der Waals surface area contributed by atoms with E-state index in [1.54, 1.807) is 49.4 Å². The smallest absolute Gasteiger partial charge is 0.338 e. The fourth-order valence-corrected chi connectivity index (χ4v) is 2.40. The highest BCUT2D eigenvalue weighted by molar-refractivity contribution is 6.12. The SMILES string of the molecule is CCOC(=O)c1ccc(-c2ccc(/C=C(\C#N)C(=O)c3ccco3)o2)cc1. The number of Topliss-reactive ketones (excluding diaryl/α,β-unsaturated/α-hetero) is 1. The van der Waals surface area contributed by atoms with E-state index in [-0.39, 0.29) is 17.3 Å². The van der Waals surface area contributed by atoms with Gasteiger partial charge in [0.25, 0.3) is 0 Å². The number of carbonyl (C=O) groups excluding carboxylic acids is 2. The molecule has 134 valence electrons. The lowest BCUT2D eigenvalue weighted by Gasteiger charge is -2.02. The highest BCUT2D eigenvalue weighted by Gasteiger charge is 2.16. The molecule has 0 unspecified atom stereocenters. The van der Waals surface area contributed by atoms with E-state index in [4.69, 9.17) is 13.6 Å². The molecule has 0 aliphatic rings. The van der Waals surface area contributed by atoms with Crippen LogP contribution < -0.4 is 0 Å². The first-order valence-corrected chi connectivity index (χ1v) is 8.19. The summed E-state index contributed by atoms with van der Waals surface area (Å²) in [5.41, 5.74) is 1.10. The molecule has 6 heteroatoms. The number of hydrogen-bond donors (Lipinski definition) is 0. The lowest BCUT2D eigenvalue weighted by molar-refractivity contribution is 0.0526. The third-order valence-corrected chi connectivity index (χ3v) is 3.70. The number of ketones is 1. The van der Waals surface area contributed by atoms with E-state index >= 15 is 0 Å². The van der Waals surface area contributed by atoms with Gasteiger partial charge >= 0.3 is 5.97 Å². The molecule has 2 heterocycles. The summed E-state index contributed by atoms with van der Waals surface area (Å²) in [6.07, 6.45) is 2.73. The van der Waals surface area contributed by atoms with E-state index in [0.717, 1.165) is 5.56 Å². The van der Waals surface area contributed by atoms with Crippen molar-refractivity contribution >= 4 is 17.8 Å². The van der Waals surface area contributed by atoms with Crippen molar-refractivity contribution in [3.05, 3.63) is 77.5 Å². The van der Waals surface area contributed by atoms with Crippen LogP contribution in [0.3, 0.4) is 0 Å². The zero-order chi connectivity index (χ0) is 19.2. The topological polar surface area (TPSA) is 93.4 Å². The maximum absolute atomic E-state index is 12.2. The fourth-order valence-electron chi connectivity index (χ4n) is 2.40. The van der Waals surface area contributed by atoms with Gasteiger partial charge in [0.1, 0.15) is 23.2 Å². The van der Waals surface area contributed by atoms with Gasteiger partial charge < -0.3 is 13.6 Å². The molecule has 0 saturated carbocycles. The number of carbonyl (C=O) groups is 2. The Bertz CT molecular complexity index is 1020. The Kier molecular flexibility index (Phi) is 5.33. The van der Waals surface area contributed by atoms with Crippen LogP contribution in [0.1, 0.15) is 33.6 Å². The van der Waals surface area contributed by atoms with Gasteiger partial charge in [-0.25, -0.2) is 4.79 Å². The predicted octanol–water partition coefficient (Wildman–Crippen LogP) is 4.51. The van der Waals surface area contributed by atoms with Gasteiger partial charge in [-0.05, 0) is 43.3 Å². The zero-order valence-electron chi connectivity index (χ0n) is 14.5. The average Bonchev–Trinajstić information content (AvgIpc) is 3.38. The number of allylic oxidation sites excluding steroid dienone is 1. The lowest BCUT2D eigenvalue weighted by Crippen LogP contribution is -2.03. The standard InChI is InChI=1S/C21H15NO5/c1-2-25-21(24)15-7-5-14(6-8-15)18-10-9-17(27-18)12-16(13-22)20(23)19-4-3-11-26-19/h3-12H,2H2,1H3/b16-12+. The van der Waals surface area contributed by atoms with Crippen LogP contribution in [0.4, 0.5) is 0 Å². The Morgan fingerprint density at radius 2 is 1.93 bits per heavy atom. The minimum atomic E-state index is -0.515. The molecule has 0 saturated heterocycles. The van der Waals surface area contributed by atoms with Crippen molar-refractivity contribution in [1.82, 2.24) is 0 Å². The van der Waals surface area contributed by atoms with Crippen LogP contribution in [0, 0.1) is 11.3 Å². The first-order chi connectivity index (χ1) is 13.1. The van der Waals surface area contributed by atoms with Crippen LogP contribution >= 0.6 is 0 Å². The summed E-state index contributed by atoms with van der Waals surface area (Å²) >= 11 is 0. The summed E-state index contributed by atoms with van der Waals surface area (Å²) in [7, 11) is 0. The summed E-state index contributed by atoms with van der Waals surface area (Å²) < 4.78 is 15.7. The van der Waals surface area contributed by atoms with Crippen LogP contribution in [0.5, 0.6) is 0 Å². The Labute approximate surface area is 155 Å². The second-order valence-corrected chi connectivity index (χ2v) is 5.48. The molecule has 1 aromatic carbocycles. The normalized spacial score (nSPS) is 11.0. The number of nitrogens with zero attached hydrogens (tertiary/aromatic N) is 1. The maximum Gasteiger partial charge on any atom is 0.338 e. The molecule has 6 nitrogen and oxygen atoms in total.